The molecule has 1 unspecified atom stereocenters. The number of rotatable bonds is 38. The molecule has 2 amide bonds. The summed E-state index contributed by atoms with van der Waals surface area (Å²) < 4.78 is 66.1. The molecule has 8 rings (SSSR count). The predicted octanol–water partition coefficient (Wildman–Crippen LogP) is 11.8. The molecule has 538 valence electrons. The zero-order valence-electron chi connectivity index (χ0n) is 59.6. The van der Waals surface area contributed by atoms with E-state index in [2.05, 4.69) is 57.8 Å². The molecule has 0 spiro atoms. The summed E-state index contributed by atoms with van der Waals surface area (Å²) in [6.45, 7) is 23.6. The van der Waals surface area contributed by atoms with E-state index in [4.69, 9.17) is 53.5 Å². The minimum atomic E-state index is -1.58. The molecule has 3 N–H and O–H groups in total. The molecular weight excluding hydrogens is 1310 g/mol. The Labute approximate surface area is 593 Å². The molecular formula is C77H95N8O15P. The maximum atomic E-state index is 13.0. The maximum absolute atomic E-state index is 13.0. The SMILES string of the molecule is COc1ccc(C(OC[C@H](CO)OCCn2ccc(NC(=O)C(C)C)nc2=O)(c2ccccc2)c2ccc(OC)cc2)cc1.[C-]#[N+]CCOP(OC[C@@H](COC(c1ccccc1)(c1ccc(OC)cc1)c1ccc(OC)cc1)OCCn1ccc(NC(=O)C(C)C)nc1=O)N(C(C)C)C(C)C. The first kappa shape index (κ1) is 79.1. The van der Waals surface area contributed by atoms with E-state index in [1.54, 1.807) is 80.7 Å². The van der Waals surface area contributed by atoms with E-state index in [1.165, 1.54) is 9.13 Å². The van der Waals surface area contributed by atoms with Gasteiger partial charge in [-0.25, -0.2) is 20.8 Å². The molecule has 0 fully saturated rings. The molecule has 24 heteroatoms. The summed E-state index contributed by atoms with van der Waals surface area (Å²) in [6.07, 6.45) is 1.79. The van der Waals surface area contributed by atoms with Gasteiger partial charge in [0, 0.05) is 36.3 Å². The average Bonchev–Trinajstić information content (AvgIpc) is 0.760. The number of ether oxygens (including phenoxy) is 8. The van der Waals surface area contributed by atoms with Crippen LogP contribution in [0.5, 0.6) is 23.0 Å². The lowest BCUT2D eigenvalue weighted by atomic mass is 9.80. The Balaban J connectivity index is 0.000000293. The predicted molar refractivity (Wildman–Crippen MR) is 389 cm³/mol. The Morgan fingerprint density at radius 2 is 0.842 bits per heavy atom. The summed E-state index contributed by atoms with van der Waals surface area (Å²) in [7, 11) is 4.91. The quantitative estimate of drug-likeness (QED) is 0.0141. The van der Waals surface area contributed by atoms with Gasteiger partial charge in [0.2, 0.25) is 18.4 Å². The number of methoxy groups -OCH3 is 4. The van der Waals surface area contributed by atoms with Crippen molar-refractivity contribution < 1.29 is 61.6 Å². The van der Waals surface area contributed by atoms with Gasteiger partial charge in [0.15, 0.2) is 0 Å². The van der Waals surface area contributed by atoms with Crippen LogP contribution in [0.2, 0.25) is 0 Å². The van der Waals surface area contributed by atoms with Crippen LogP contribution in [0.3, 0.4) is 0 Å². The summed E-state index contributed by atoms with van der Waals surface area (Å²) in [5.41, 5.74) is 1.98. The van der Waals surface area contributed by atoms with Gasteiger partial charge < -0.3 is 67.5 Å². The second kappa shape index (κ2) is 39.7. The fourth-order valence-electron chi connectivity index (χ4n) is 10.9. The number of carbonyl (C=O) groups excluding carboxylic acids is 2. The number of aromatic nitrogens is 4. The van der Waals surface area contributed by atoms with Crippen LogP contribution in [0.4, 0.5) is 11.6 Å². The average molecular weight is 1400 g/mol. The molecule has 23 nitrogen and oxygen atoms in total. The minimum Gasteiger partial charge on any atom is -0.497 e. The maximum Gasteiger partial charge on any atom is 0.349 e. The first-order valence-corrected chi connectivity index (χ1v) is 34.6. The number of hydrogen-bond acceptors (Lipinski definition) is 18. The van der Waals surface area contributed by atoms with E-state index in [1.807, 2.05) is 158 Å². The van der Waals surface area contributed by atoms with Gasteiger partial charge in [0.05, 0.1) is 81.2 Å². The van der Waals surface area contributed by atoms with E-state index in [0.29, 0.717) is 23.0 Å². The lowest BCUT2D eigenvalue weighted by Gasteiger charge is -2.38. The van der Waals surface area contributed by atoms with E-state index < -0.39 is 43.3 Å². The van der Waals surface area contributed by atoms with Crippen molar-refractivity contribution in [2.75, 3.05) is 91.9 Å². The Morgan fingerprint density at radius 1 is 0.495 bits per heavy atom. The minimum absolute atomic E-state index is 0.0385. The molecule has 2 aromatic heterocycles. The van der Waals surface area contributed by atoms with Gasteiger partial charge in [0.25, 0.3) is 8.53 Å². The molecule has 6 aromatic carbocycles. The number of hydrogen-bond donors (Lipinski definition) is 3. The summed E-state index contributed by atoms with van der Waals surface area (Å²) in [4.78, 5) is 61.0. The molecule has 0 aliphatic carbocycles. The van der Waals surface area contributed by atoms with Gasteiger partial charge in [-0.05, 0) is 122 Å². The zero-order valence-corrected chi connectivity index (χ0v) is 60.5. The Morgan fingerprint density at radius 3 is 1.16 bits per heavy atom. The number of benzene rings is 6. The van der Waals surface area contributed by atoms with Crippen LogP contribution in [0.1, 0.15) is 88.8 Å². The molecule has 8 aromatic rings. The van der Waals surface area contributed by atoms with Crippen molar-refractivity contribution in [3.63, 3.8) is 0 Å². The highest BCUT2D eigenvalue weighted by Gasteiger charge is 2.41. The van der Waals surface area contributed by atoms with Gasteiger partial charge in [-0.15, -0.1) is 0 Å². The smallest absolute Gasteiger partial charge is 0.349 e. The normalized spacial score (nSPS) is 12.5. The fraction of sp³-hybridized carbons (Fsp3) is 0.390. The van der Waals surface area contributed by atoms with E-state index >= 15 is 0 Å². The molecule has 0 aliphatic heterocycles. The monoisotopic (exact) mass is 1400 g/mol. The first-order chi connectivity index (χ1) is 48.7. The Hall–Kier alpha value is -9.18. The Kier molecular flexibility index (Phi) is 31.1. The van der Waals surface area contributed by atoms with Crippen LogP contribution in [-0.2, 0) is 61.9 Å². The number of nitrogens with one attached hydrogen (secondary N) is 2. The molecule has 0 radical (unpaired) electrons. The summed E-state index contributed by atoms with van der Waals surface area (Å²) in [5.74, 6) is 2.27. The molecule has 0 saturated carbocycles. The van der Waals surface area contributed by atoms with Crippen LogP contribution in [0.25, 0.3) is 4.85 Å². The van der Waals surface area contributed by atoms with E-state index in [-0.39, 0.29) is 113 Å². The van der Waals surface area contributed by atoms with Crippen LogP contribution >= 0.6 is 8.53 Å². The molecule has 0 saturated heterocycles. The fourth-order valence-corrected chi connectivity index (χ4v) is 12.5. The van der Waals surface area contributed by atoms with Gasteiger partial charge in [-0.3, -0.25) is 18.7 Å². The van der Waals surface area contributed by atoms with Gasteiger partial charge in [-0.2, -0.15) is 9.97 Å². The number of aliphatic hydroxyl groups is 1. The van der Waals surface area contributed by atoms with Gasteiger partial charge in [-0.1, -0.05) is 137 Å². The van der Waals surface area contributed by atoms with Crippen molar-refractivity contribution in [1.29, 1.82) is 0 Å². The Bertz CT molecular complexity index is 3870. The van der Waals surface area contributed by atoms with Crippen molar-refractivity contribution in [3.8, 4) is 23.0 Å². The lowest BCUT2D eigenvalue weighted by Crippen LogP contribution is -2.39. The number of amides is 2. The van der Waals surface area contributed by atoms with E-state index in [9.17, 15) is 24.3 Å². The number of aliphatic hydroxyl groups excluding tert-OH is 1. The van der Waals surface area contributed by atoms with Gasteiger partial charge >= 0.3 is 11.4 Å². The third-order valence-corrected chi connectivity index (χ3v) is 18.3. The summed E-state index contributed by atoms with van der Waals surface area (Å²) in [5, 5.41) is 15.5. The molecule has 0 aliphatic rings. The highest BCUT2D eigenvalue weighted by molar-refractivity contribution is 7.44. The van der Waals surface area contributed by atoms with Crippen molar-refractivity contribution in [2.45, 2.75) is 104 Å². The molecule has 0 bridgehead atoms. The van der Waals surface area contributed by atoms with Crippen LogP contribution < -0.4 is 41.0 Å². The standard InChI is InChI=1S/C43H56N5O8P.C34H39N3O7/c1-31(2)41(49)45-40-23-25-47(42(50)46-40)26-28-53-39(30-56-57(55-27-24-44-7)48(32(3)4)33(5)6)29-54-43(34-13-11-10-12-14-34,35-15-19-37(51-8)20-16-35)36-17-21-38(52-9)22-18-36;1-24(2)32(39)35-31-18-19-37(33(40)36-31)20-21-43-30(22-38)23-44-34(25-8-6-5-7-9-25,26-10-14-28(41-3)15-11-26)27-12-16-29(42-4)17-13-27/h10-23,25,31-33,39H,24,26-30H2,1-6,8-9H3,(H,45,46,49,50);5-19,24,30,38H,20-23H2,1-4H3,(H,35,36,39,40)/t39-,57?;30-/m10/s1. The van der Waals surface area contributed by atoms with Crippen molar-refractivity contribution in [2.24, 2.45) is 11.8 Å². The summed E-state index contributed by atoms with van der Waals surface area (Å²) in [6, 6.07) is 54.1. The van der Waals surface area contributed by atoms with Crippen LogP contribution in [-0.4, -0.2) is 146 Å². The van der Waals surface area contributed by atoms with E-state index in [0.717, 1.165) is 33.4 Å². The third kappa shape index (κ3) is 21.9. The highest BCUT2D eigenvalue weighted by Crippen LogP contribution is 2.47. The molecule has 101 heavy (non-hydrogen) atoms. The second-order valence-electron chi connectivity index (χ2n) is 24.5. The van der Waals surface area contributed by atoms with Crippen molar-refractivity contribution >= 4 is 32.0 Å². The zero-order chi connectivity index (χ0) is 72.9. The van der Waals surface area contributed by atoms with Crippen LogP contribution in [0, 0.1) is 18.4 Å². The van der Waals surface area contributed by atoms with Crippen molar-refractivity contribution in [3.05, 3.63) is 248 Å². The second-order valence-corrected chi connectivity index (χ2v) is 25.9. The van der Waals surface area contributed by atoms with Crippen LogP contribution in [0.15, 0.2) is 192 Å². The molecule has 2 heterocycles. The van der Waals surface area contributed by atoms with Crippen molar-refractivity contribution in [1.82, 2.24) is 23.8 Å². The lowest BCUT2D eigenvalue weighted by molar-refractivity contribution is -0.119. The largest absolute Gasteiger partial charge is 0.497 e. The first-order valence-electron chi connectivity index (χ1n) is 33.5. The summed E-state index contributed by atoms with van der Waals surface area (Å²) >= 11 is 0. The van der Waals surface area contributed by atoms with Gasteiger partial charge in [0.1, 0.15) is 64.7 Å². The number of anilines is 2. The third-order valence-electron chi connectivity index (χ3n) is 16.2. The number of carbonyl (C=O) groups is 2. The molecule has 3 atom stereocenters. The number of nitrogens with zero attached hydrogens (tertiary/aromatic N) is 6. The topological polar surface area (TPSA) is 248 Å². The highest BCUT2D eigenvalue weighted by atomic mass is 31.2.